The smallest absolute Gasteiger partial charge is 0.0832 e. The largest absolute Gasteiger partial charge is 0.314 e. The quantitative estimate of drug-likeness (QED) is 0.647. The van der Waals surface area contributed by atoms with Crippen molar-refractivity contribution in [3.05, 3.63) is 65.2 Å². The molecule has 3 nitrogen and oxygen atoms in total. The summed E-state index contributed by atoms with van der Waals surface area (Å²) in [4.78, 5) is 0. The van der Waals surface area contributed by atoms with Gasteiger partial charge in [-0.2, -0.15) is 5.10 Å². The predicted octanol–water partition coefficient (Wildman–Crippen LogP) is 3.38. The molecule has 0 radical (unpaired) electrons. The molecule has 2 N–H and O–H groups in total. The van der Waals surface area contributed by atoms with E-state index in [2.05, 4.69) is 15.8 Å². The summed E-state index contributed by atoms with van der Waals surface area (Å²) in [5.41, 5.74) is 5.80. The third-order valence-corrected chi connectivity index (χ3v) is 2.95. The zero-order chi connectivity index (χ0) is 13.5. The van der Waals surface area contributed by atoms with Gasteiger partial charge in [-0.1, -0.05) is 48.0 Å². The number of nitrogens with one attached hydrogen (secondary N) is 2. The minimum absolute atomic E-state index is 0.642. The van der Waals surface area contributed by atoms with Crippen LogP contribution in [0.3, 0.4) is 0 Å². The highest BCUT2D eigenvalue weighted by molar-refractivity contribution is 6.34. The molecule has 0 aliphatic heterocycles. The van der Waals surface area contributed by atoms with Gasteiger partial charge in [-0.05, 0) is 25.2 Å². The van der Waals surface area contributed by atoms with E-state index in [0.29, 0.717) is 11.6 Å². The Kier molecular flexibility index (Phi) is 4.95. The van der Waals surface area contributed by atoms with Crippen molar-refractivity contribution in [3.8, 4) is 0 Å². The van der Waals surface area contributed by atoms with E-state index in [4.69, 9.17) is 11.6 Å². The number of hydrogen-bond donors (Lipinski definition) is 2. The maximum Gasteiger partial charge on any atom is 0.0832 e. The second-order valence-corrected chi connectivity index (χ2v) is 4.45. The Morgan fingerprint density at radius 3 is 2.42 bits per heavy atom. The van der Waals surface area contributed by atoms with Crippen LogP contribution < -0.4 is 10.7 Å². The monoisotopic (exact) mass is 273 g/mol. The molecule has 0 saturated carbocycles. The molecular weight excluding hydrogens is 258 g/mol. The third kappa shape index (κ3) is 3.81. The molecule has 0 heterocycles. The standard InChI is InChI=1S/C15H16ClN3/c1-17-11-15(13-9-5-6-10-14(13)16)19-18-12-7-3-2-4-8-12/h2-10,17-18H,11H2,1H3/b19-15+. The third-order valence-electron chi connectivity index (χ3n) is 2.62. The number of likely N-dealkylation sites (N-methyl/N-ethyl adjacent to an activating group) is 1. The number of para-hydroxylation sites is 1. The summed E-state index contributed by atoms with van der Waals surface area (Å²) < 4.78 is 0. The molecule has 0 bridgehead atoms. The van der Waals surface area contributed by atoms with Crippen molar-refractivity contribution < 1.29 is 0 Å². The average Bonchev–Trinajstić information content (AvgIpc) is 2.45. The Hall–Kier alpha value is -1.84. The summed E-state index contributed by atoms with van der Waals surface area (Å²) in [6, 6.07) is 17.5. The van der Waals surface area contributed by atoms with Crippen molar-refractivity contribution in [3.63, 3.8) is 0 Å². The van der Waals surface area contributed by atoms with Crippen molar-refractivity contribution in [2.75, 3.05) is 19.0 Å². The molecule has 2 rings (SSSR count). The van der Waals surface area contributed by atoms with E-state index in [1.165, 1.54) is 0 Å². The minimum Gasteiger partial charge on any atom is -0.314 e. The second-order valence-electron chi connectivity index (χ2n) is 4.05. The highest BCUT2D eigenvalue weighted by Crippen LogP contribution is 2.16. The fourth-order valence-electron chi connectivity index (χ4n) is 1.70. The summed E-state index contributed by atoms with van der Waals surface area (Å²) in [5.74, 6) is 0. The lowest BCUT2D eigenvalue weighted by Gasteiger charge is -2.09. The van der Waals surface area contributed by atoms with Crippen molar-refractivity contribution in [2.45, 2.75) is 0 Å². The highest BCUT2D eigenvalue weighted by Gasteiger charge is 2.06. The van der Waals surface area contributed by atoms with Gasteiger partial charge in [-0.25, -0.2) is 0 Å². The van der Waals surface area contributed by atoms with E-state index in [1.807, 2.05) is 61.6 Å². The zero-order valence-corrected chi connectivity index (χ0v) is 11.5. The maximum atomic E-state index is 6.20. The van der Waals surface area contributed by atoms with Crippen LogP contribution in [0, 0.1) is 0 Å². The Morgan fingerprint density at radius 1 is 1.05 bits per heavy atom. The first-order chi connectivity index (χ1) is 9.31. The number of rotatable bonds is 5. The molecule has 0 spiro atoms. The van der Waals surface area contributed by atoms with Crippen molar-refractivity contribution >= 4 is 23.0 Å². The van der Waals surface area contributed by atoms with Crippen LogP contribution in [0.5, 0.6) is 0 Å². The van der Waals surface area contributed by atoms with E-state index in [-0.39, 0.29) is 0 Å². The van der Waals surface area contributed by atoms with Gasteiger partial charge in [0.1, 0.15) is 0 Å². The molecule has 0 saturated heterocycles. The molecule has 0 fully saturated rings. The van der Waals surface area contributed by atoms with Gasteiger partial charge >= 0.3 is 0 Å². The molecule has 0 atom stereocenters. The van der Waals surface area contributed by atoms with Crippen LogP contribution in [-0.2, 0) is 0 Å². The van der Waals surface area contributed by atoms with Gasteiger partial charge in [0.25, 0.3) is 0 Å². The predicted molar refractivity (Wildman–Crippen MR) is 82.0 cm³/mol. The van der Waals surface area contributed by atoms with Gasteiger partial charge in [-0.3, -0.25) is 5.43 Å². The molecule has 19 heavy (non-hydrogen) atoms. The van der Waals surface area contributed by atoms with Gasteiger partial charge in [0, 0.05) is 17.1 Å². The van der Waals surface area contributed by atoms with Crippen LogP contribution in [0.4, 0.5) is 5.69 Å². The first-order valence-corrected chi connectivity index (χ1v) is 6.46. The molecule has 0 aromatic heterocycles. The maximum absolute atomic E-state index is 6.20. The minimum atomic E-state index is 0.642. The van der Waals surface area contributed by atoms with Crippen LogP contribution in [-0.4, -0.2) is 19.3 Å². The van der Waals surface area contributed by atoms with Crippen LogP contribution >= 0.6 is 11.6 Å². The summed E-state index contributed by atoms with van der Waals surface area (Å²) in [7, 11) is 1.88. The first-order valence-electron chi connectivity index (χ1n) is 6.08. The van der Waals surface area contributed by atoms with Crippen LogP contribution in [0.15, 0.2) is 59.7 Å². The van der Waals surface area contributed by atoms with Gasteiger partial charge in [0.2, 0.25) is 0 Å². The molecule has 2 aromatic rings. The van der Waals surface area contributed by atoms with E-state index in [9.17, 15) is 0 Å². The number of anilines is 1. The Morgan fingerprint density at radius 2 is 1.74 bits per heavy atom. The molecular formula is C15H16ClN3. The highest BCUT2D eigenvalue weighted by atomic mass is 35.5. The van der Waals surface area contributed by atoms with E-state index in [0.717, 1.165) is 17.0 Å². The van der Waals surface area contributed by atoms with E-state index >= 15 is 0 Å². The molecule has 4 heteroatoms. The molecule has 0 amide bonds. The normalized spacial score (nSPS) is 11.4. The molecule has 0 aliphatic rings. The van der Waals surface area contributed by atoms with Crippen molar-refractivity contribution in [2.24, 2.45) is 5.10 Å². The summed E-state index contributed by atoms with van der Waals surface area (Å²) in [6.45, 7) is 0.642. The average molecular weight is 274 g/mol. The fraction of sp³-hybridized carbons (Fsp3) is 0.133. The lowest BCUT2D eigenvalue weighted by atomic mass is 10.1. The first kappa shape index (κ1) is 13.6. The fourth-order valence-corrected chi connectivity index (χ4v) is 1.95. The molecule has 0 unspecified atom stereocenters. The number of halogens is 1. The second kappa shape index (κ2) is 6.92. The van der Waals surface area contributed by atoms with Crippen LogP contribution in [0.1, 0.15) is 5.56 Å². The van der Waals surface area contributed by atoms with Crippen molar-refractivity contribution in [1.29, 1.82) is 0 Å². The van der Waals surface area contributed by atoms with Crippen LogP contribution in [0.25, 0.3) is 0 Å². The van der Waals surface area contributed by atoms with Crippen molar-refractivity contribution in [1.82, 2.24) is 5.32 Å². The Balaban J connectivity index is 2.23. The Bertz CT molecular complexity index is 552. The van der Waals surface area contributed by atoms with E-state index < -0.39 is 0 Å². The van der Waals surface area contributed by atoms with E-state index in [1.54, 1.807) is 0 Å². The van der Waals surface area contributed by atoms with Gasteiger partial charge < -0.3 is 5.32 Å². The van der Waals surface area contributed by atoms with Gasteiger partial charge in [0.15, 0.2) is 0 Å². The molecule has 2 aromatic carbocycles. The Labute approximate surface area is 118 Å². The molecule has 98 valence electrons. The SMILES string of the molecule is CNC/C(=N\Nc1ccccc1)c1ccccc1Cl. The topological polar surface area (TPSA) is 36.4 Å². The number of nitrogens with zero attached hydrogens (tertiary/aromatic N) is 1. The lowest BCUT2D eigenvalue weighted by Crippen LogP contribution is -2.21. The summed E-state index contributed by atoms with van der Waals surface area (Å²) >= 11 is 6.20. The number of hydrazone groups is 1. The lowest BCUT2D eigenvalue weighted by molar-refractivity contribution is 0.943. The zero-order valence-electron chi connectivity index (χ0n) is 10.7. The number of hydrogen-bond acceptors (Lipinski definition) is 3. The van der Waals surface area contributed by atoms with Gasteiger partial charge in [0.05, 0.1) is 11.4 Å². The summed E-state index contributed by atoms with van der Waals surface area (Å²) in [5, 5.41) is 8.24. The van der Waals surface area contributed by atoms with Gasteiger partial charge in [-0.15, -0.1) is 0 Å². The summed E-state index contributed by atoms with van der Waals surface area (Å²) in [6.07, 6.45) is 0. The number of benzene rings is 2. The van der Waals surface area contributed by atoms with Crippen LogP contribution in [0.2, 0.25) is 5.02 Å². The molecule has 0 aliphatic carbocycles.